The minimum Gasteiger partial charge on any atom is -0.369 e. The van der Waals surface area contributed by atoms with Crippen LogP contribution >= 0.6 is 6.34 Å². The smallest absolute Gasteiger partial charge is 0.107 e. The average molecular weight is 491 g/mol. The van der Waals surface area contributed by atoms with Crippen LogP contribution in [0.1, 0.15) is 11.1 Å². The molecule has 0 radical (unpaired) electrons. The van der Waals surface area contributed by atoms with Crippen molar-refractivity contribution in [2.45, 2.75) is 13.8 Å². The highest BCUT2D eigenvalue weighted by Gasteiger charge is 2.37. The number of nitrogens with zero attached hydrogens (tertiary/aromatic N) is 4. The molecular weight excluding hydrogens is 455 g/mol. The number of hydrogen-bond donors (Lipinski definition) is 0. The third kappa shape index (κ3) is 4.81. The van der Waals surface area contributed by atoms with Gasteiger partial charge in [0, 0.05) is 69.0 Å². The molecular formula is C28H35N4PS. The number of piperazine rings is 2. The van der Waals surface area contributed by atoms with E-state index in [1.54, 1.807) is 0 Å². The van der Waals surface area contributed by atoms with Gasteiger partial charge in [-0.2, -0.15) is 0 Å². The van der Waals surface area contributed by atoms with Gasteiger partial charge in [-0.1, -0.05) is 66.4 Å². The molecule has 0 bridgehead atoms. The van der Waals surface area contributed by atoms with Crippen LogP contribution in [0.2, 0.25) is 0 Å². The van der Waals surface area contributed by atoms with E-state index < -0.39 is 6.34 Å². The van der Waals surface area contributed by atoms with Gasteiger partial charge in [-0.15, -0.1) is 0 Å². The van der Waals surface area contributed by atoms with Gasteiger partial charge in [0.05, 0.1) is 0 Å². The minimum atomic E-state index is -2.03. The minimum absolute atomic E-state index is 1.01. The maximum atomic E-state index is 6.69. The normalized spacial score (nSPS) is 18.3. The summed E-state index contributed by atoms with van der Waals surface area (Å²) in [6, 6.07) is 28.7. The van der Waals surface area contributed by atoms with Crippen LogP contribution in [-0.4, -0.2) is 61.7 Å². The first kappa shape index (κ1) is 23.6. The van der Waals surface area contributed by atoms with E-state index in [2.05, 4.69) is 112 Å². The fraction of sp³-hybridized carbons (Fsp3) is 0.357. The number of aryl methyl sites for hydroxylation is 2. The molecule has 2 aliphatic rings. The van der Waals surface area contributed by atoms with Gasteiger partial charge in [-0.3, -0.25) is 9.34 Å². The van der Waals surface area contributed by atoms with E-state index in [-0.39, 0.29) is 0 Å². The molecule has 0 N–H and O–H groups in total. The summed E-state index contributed by atoms with van der Waals surface area (Å²) in [5, 5.41) is 1.33. The average Bonchev–Trinajstić information content (AvgIpc) is 2.89. The zero-order valence-corrected chi connectivity index (χ0v) is 22.0. The molecule has 2 aliphatic heterocycles. The fourth-order valence-corrected chi connectivity index (χ4v) is 9.59. The van der Waals surface area contributed by atoms with Crippen LogP contribution in [0, 0.1) is 13.8 Å². The van der Waals surface area contributed by atoms with E-state index >= 15 is 0 Å². The van der Waals surface area contributed by atoms with Gasteiger partial charge in [0.25, 0.3) is 0 Å². The lowest BCUT2D eigenvalue weighted by molar-refractivity contribution is 0.354. The summed E-state index contributed by atoms with van der Waals surface area (Å²) < 4.78 is 5.29. The number of anilines is 2. The monoisotopic (exact) mass is 490 g/mol. The molecule has 34 heavy (non-hydrogen) atoms. The first-order valence-corrected chi connectivity index (χ1v) is 15.0. The number of benzene rings is 3. The summed E-state index contributed by atoms with van der Waals surface area (Å²) in [7, 11) is 0. The maximum absolute atomic E-state index is 6.69. The molecule has 0 saturated carbocycles. The highest BCUT2D eigenvalue weighted by atomic mass is 32.4. The molecule has 0 spiro atoms. The second-order valence-electron chi connectivity index (χ2n) is 9.44. The summed E-state index contributed by atoms with van der Waals surface area (Å²) in [5.74, 6) is 0. The predicted molar refractivity (Wildman–Crippen MR) is 150 cm³/mol. The molecule has 0 unspecified atom stereocenters. The Bertz CT molecular complexity index is 1080. The molecule has 2 heterocycles. The highest BCUT2D eigenvalue weighted by molar-refractivity contribution is 8.15. The molecule has 0 aromatic heterocycles. The summed E-state index contributed by atoms with van der Waals surface area (Å²) in [6.45, 7) is 12.5. The van der Waals surface area contributed by atoms with Crippen LogP contribution in [0.4, 0.5) is 11.4 Å². The van der Waals surface area contributed by atoms with E-state index in [0.29, 0.717) is 0 Å². The molecule has 0 amide bonds. The summed E-state index contributed by atoms with van der Waals surface area (Å²) in [6.07, 6.45) is -2.03. The van der Waals surface area contributed by atoms with Gasteiger partial charge in [-0.05, 0) is 49.2 Å². The Morgan fingerprint density at radius 1 is 0.559 bits per heavy atom. The molecule has 3 aromatic rings. The number of rotatable bonds is 5. The predicted octanol–water partition coefficient (Wildman–Crippen LogP) is 4.88. The van der Waals surface area contributed by atoms with E-state index in [0.717, 1.165) is 52.4 Å². The SMILES string of the molecule is Cc1cccc(N2CCN(P(=S)(c3ccccc3)N3CCN(c4cccc(C)c4)CC3)CC2)c1. The zero-order valence-electron chi connectivity index (χ0n) is 20.3. The summed E-state index contributed by atoms with van der Waals surface area (Å²) >= 11 is 6.69. The second kappa shape index (κ2) is 10.2. The van der Waals surface area contributed by atoms with E-state index in [9.17, 15) is 0 Å². The second-order valence-corrected chi connectivity index (χ2v) is 13.7. The van der Waals surface area contributed by atoms with Crippen molar-refractivity contribution in [1.29, 1.82) is 0 Å². The largest absolute Gasteiger partial charge is 0.369 e. The van der Waals surface area contributed by atoms with Crippen molar-refractivity contribution in [3.8, 4) is 0 Å². The lowest BCUT2D eigenvalue weighted by Crippen LogP contribution is -2.52. The molecule has 4 nitrogen and oxygen atoms in total. The highest BCUT2D eigenvalue weighted by Crippen LogP contribution is 2.53. The Kier molecular flexibility index (Phi) is 7.08. The molecule has 2 fully saturated rings. The van der Waals surface area contributed by atoms with Crippen molar-refractivity contribution < 1.29 is 0 Å². The molecule has 0 aliphatic carbocycles. The zero-order chi connectivity index (χ0) is 23.5. The summed E-state index contributed by atoms with van der Waals surface area (Å²) in [4.78, 5) is 5.04. The van der Waals surface area contributed by atoms with E-state index in [4.69, 9.17) is 11.8 Å². The van der Waals surface area contributed by atoms with Crippen LogP contribution in [-0.2, 0) is 11.8 Å². The topological polar surface area (TPSA) is 13.0 Å². The fourth-order valence-electron chi connectivity index (χ4n) is 5.23. The Morgan fingerprint density at radius 3 is 1.41 bits per heavy atom. The van der Waals surface area contributed by atoms with Gasteiger partial charge in [0.2, 0.25) is 0 Å². The van der Waals surface area contributed by atoms with E-state index in [1.807, 2.05) is 0 Å². The Hall–Kier alpha value is -2.17. The Labute approximate surface area is 209 Å². The standard InChI is InChI=1S/C28H35N4PS/c1-24-8-6-10-26(22-24)29-14-18-31(19-15-29)33(34,28-12-4-3-5-13-28)32-20-16-30(17-21-32)27-11-7-9-25(2)23-27/h3-13,22-23H,14-21H2,1-2H3. The van der Waals surface area contributed by atoms with Crippen LogP contribution in [0.5, 0.6) is 0 Å². The van der Waals surface area contributed by atoms with Gasteiger partial charge in [0.1, 0.15) is 6.34 Å². The molecule has 3 aromatic carbocycles. The molecule has 0 atom stereocenters. The third-order valence-corrected chi connectivity index (χ3v) is 12.4. The van der Waals surface area contributed by atoms with E-state index in [1.165, 1.54) is 27.8 Å². The lowest BCUT2D eigenvalue weighted by Gasteiger charge is -2.49. The lowest BCUT2D eigenvalue weighted by atomic mass is 10.2. The molecule has 5 rings (SSSR count). The molecule has 6 heteroatoms. The summed E-state index contributed by atoms with van der Waals surface area (Å²) in [5.41, 5.74) is 5.31. The third-order valence-electron chi connectivity index (χ3n) is 7.11. The Balaban J connectivity index is 1.34. The van der Waals surface area contributed by atoms with Crippen molar-refractivity contribution in [3.63, 3.8) is 0 Å². The van der Waals surface area contributed by atoms with Crippen LogP contribution in [0.15, 0.2) is 78.9 Å². The Morgan fingerprint density at radius 2 is 1.00 bits per heavy atom. The van der Waals surface area contributed by atoms with Gasteiger partial charge < -0.3 is 9.80 Å². The van der Waals surface area contributed by atoms with Crippen LogP contribution in [0.3, 0.4) is 0 Å². The van der Waals surface area contributed by atoms with Crippen LogP contribution < -0.4 is 15.1 Å². The van der Waals surface area contributed by atoms with Crippen molar-refractivity contribution >= 4 is 34.8 Å². The number of hydrogen-bond acceptors (Lipinski definition) is 3. The van der Waals surface area contributed by atoms with Crippen molar-refractivity contribution in [3.05, 3.63) is 90.0 Å². The van der Waals surface area contributed by atoms with Crippen LogP contribution in [0.25, 0.3) is 0 Å². The maximum Gasteiger partial charge on any atom is 0.107 e. The van der Waals surface area contributed by atoms with Crippen molar-refractivity contribution in [1.82, 2.24) is 9.34 Å². The van der Waals surface area contributed by atoms with Gasteiger partial charge in [-0.25, -0.2) is 0 Å². The van der Waals surface area contributed by atoms with Crippen molar-refractivity contribution in [2.75, 3.05) is 62.2 Å². The van der Waals surface area contributed by atoms with Crippen molar-refractivity contribution in [2.24, 2.45) is 0 Å². The van der Waals surface area contributed by atoms with Gasteiger partial charge >= 0.3 is 0 Å². The molecule has 2 saturated heterocycles. The molecule has 178 valence electrons. The quantitative estimate of drug-likeness (QED) is 0.471. The first-order chi connectivity index (χ1) is 16.5. The first-order valence-electron chi connectivity index (χ1n) is 12.3. The van der Waals surface area contributed by atoms with Gasteiger partial charge in [0.15, 0.2) is 0 Å².